The molecular weight excluding hydrogens is 250 g/mol. The van der Waals surface area contributed by atoms with Crippen molar-refractivity contribution in [2.24, 2.45) is 0 Å². The van der Waals surface area contributed by atoms with Gasteiger partial charge in [-0.25, -0.2) is 0 Å². The van der Waals surface area contributed by atoms with E-state index in [1.165, 1.54) is 44.9 Å². The fourth-order valence-corrected chi connectivity index (χ4v) is 3.02. The second kappa shape index (κ2) is 6.53. The van der Waals surface area contributed by atoms with Crippen LogP contribution in [0.5, 0.6) is 0 Å². The second-order valence-corrected chi connectivity index (χ2v) is 5.38. The van der Waals surface area contributed by atoms with Crippen molar-refractivity contribution in [1.29, 1.82) is 0 Å². The Labute approximate surface area is 114 Å². The van der Waals surface area contributed by atoms with Gasteiger partial charge in [-0.3, -0.25) is 0 Å². The van der Waals surface area contributed by atoms with Crippen molar-refractivity contribution in [1.82, 2.24) is 15.5 Å². The van der Waals surface area contributed by atoms with Gasteiger partial charge in [-0.05, 0) is 32.2 Å². The first-order valence-corrected chi connectivity index (χ1v) is 6.97. The fourth-order valence-electron chi connectivity index (χ4n) is 3.02. The van der Waals surface area contributed by atoms with Crippen molar-refractivity contribution >= 4 is 12.4 Å². The summed E-state index contributed by atoms with van der Waals surface area (Å²) in [5.74, 6) is 2.33. The maximum Gasteiger partial charge on any atom is 0.228 e. The van der Waals surface area contributed by atoms with E-state index in [1.54, 1.807) is 0 Å². The molecule has 1 aromatic rings. The molecule has 102 valence electrons. The van der Waals surface area contributed by atoms with Crippen molar-refractivity contribution in [2.75, 3.05) is 6.54 Å². The van der Waals surface area contributed by atoms with Gasteiger partial charge < -0.3 is 9.84 Å². The van der Waals surface area contributed by atoms with Gasteiger partial charge in [0.15, 0.2) is 5.82 Å². The van der Waals surface area contributed by atoms with Crippen LogP contribution in [-0.2, 0) is 6.42 Å². The van der Waals surface area contributed by atoms with E-state index in [4.69, 9.17) is 4.52 Å². The molecule has 1 saturated heterocycles. The minimum Gasteiger partial charge on any atom is -0.339 e. The summed E-state index contributed by atoms with van der Waals surface area (Å²) in [5, 5.41) is 7.63. The van der Waals surface area contributed by atoms with E-state index in [0.29, 0.717) is 12.0 Å². The Morgan fingerprint density at radius 2 is 1.94 bits per heavy atom. The van der Waals surface area contributed by atoms with Gasteiger partial charge in [-0.15, -0.1) is 12.4 Å². The summed E-state index contributed by atoms with van der Waals surface area (Å²) in [6, 6.07) is 0.551. The zero-order chi connectivity index (χ0) is 11.5. The fraction of sp³-hybridized carbons (Fsp3) is 0.846. The highest BCUT2D eigenvalue weighted by atomic mass is 35.5. The van der Waals surface area contributed by atoms with Gasteiger partial charge in [0.05, 0.1) is 0 Å². The molecule has 1 saturated carbocycles. The van der Waals surface area contributed by atoms with Crippen LogP contribution in [0.2, 0.25) is 0 Å². The molecule has 0 aromatic carbocycles. The third-order valence-corrected chi connectivity index (χ3v) is 4.04. The van der Waals surface area contributed by atoms with Crippen molar-refractivity contribution < 1.29 is 4.52 Å². The zero-order valence-corrected chi connectivity index (χ0v) is 11.5. The van der Waals surface area contributed by atoms with Crippen LogP contribution in [0.1, 0.15) is 62.6 Å². The van der Waals surface area contributed by atoms with Crippen LogP contribution in [0.4, 0.5) is 0 Å². The number of nitrogens with zero attached hydrogens (tertiary/aromatic N) is 2. The summed E-state index contributed by atoms with van der Waals surface area (Å²) in [5.41, 5.74) is 0. The third-order valence-electron chi connectivity index (χ3n) is 4.04. The van der Waals surface area contributed by atoms with E-state index >= 15 is 0 Å². The molecule has 5 heteroatoms. The molecular formula is C13H22ClN3O. The molecule has 0 radical (unpaired) electrons. The minimum atomic E-state index is 0. The number of rotatable bonds is 3. The summed E-state index contributed by atoms with van der Waals surface area (Å²) in [7, 11) is 0. The van der Waals surface area contributed by atoms with Crippen LogP contribution >= 0.6 is 12.4 Å². The van der Waals surface area contributed by atoms with Gasteiger partial charge in [0.25, 0.3) is 0 Å². The molecule has 0 spiro atoms. The lowest BCUT2D eigenvalue weighted by molar-refractivity contribution is 0.348. The zero-order valence-electron chi connectivity index (χ0n) is 10.7. The topological polar surface area (TPSA) is 51.0 Å². The van der Waals surface area contributed by atoms with Crippen molar-refractivity contribution in [3.63, 3.8) is 0 Å². The van der Waals surface area contributed by atoms with Gasteiger partial charge in [0.1, 0.15) is 0 Å². The second-order valence-electron chi connectivity index (χ2n) is 5.38. The highest BCUT2D eigenvalue weighted by Gasteiger charge is 2.22. The molecule has 2 aliphatic rings. The summed E-state index contributed by atoms with van der Waals surface area (Å²) in [4.78, 5) is 4.58. The van der Waals surface area contributed by atoms with Crippen LogP contribution in [-0.4, -0.2) is 22.7 Å². The number of hydrogen-bond acceptors (Lipinski definition) is 4. The van der Waals surface area contributed by atoms with Gasteiger partial charge in [0, 0.05) is 18.4 Å². The van der Waals surface area contributed by atoms with Crippen LogP contribution in [0, 0.1) is 0 Å². The average molecular weight is 272 g/mol. The number of nitrogens with one attached hydrogen (secondary N) is 1. The quantitative estimate of drug-likeness (QED) is 0.918. The summed E-state index contributed by atoms with van der Waals surface area (Å²) >= 11 is 0. The van der Waals surface area contributed by atoms with Crippen molar-refractivity contribution in [2.45, 2.75) is 63.3 Å². The summed E-state index contributed by atoms with van der Waals surface area (Å²) in [6.07, 6.45) is 9.89. The molecule has 1 N–H and O–H groups in total. The van der Waals surface area contributed by atoms with E-state index in [0.717, 1.165) is 24.7 Å². The van der Waals surface area contributed by atoms with E-state index in [-0.39, 0.29) is 12.4 Å². The molecule has 1 unspecified atom stereocenters. The number of hydrogen-bond donors (Lipinski definition) is 1. The average Bonchev–Trinajstić information content (AvgIpc) is 3.02. The molecule has 0 amide bonds. The number of halogens is 1. The smallest absolute Gasteiger partial charge is 0.228 e. The van der Waals surface area contributed by atoms with Crippen LogP contribution in [0.25, 0.3) is 0 Å². The summed E-state index contributed by atoms with van der Waals surface area (Å²) in [6.45, 7) is 1.13. The van der Waals surface area contributed by atoms with Gasteiger partial charge in [-0.1, -0.05) is 24.4 Å². The molecule has 4 nitrogen and oxygen atoms in total. The van der Waals surface area contributed by atoms with Crippen molar-refractivity contribution in [3.8, 4) is 0 Å². The standard InChI is InChI=1S/C13H21N3O.ClH/c1-2-5-10(6-3-1)13-15-12(17-16-13)9-11-7-4-8-14-11;/h10-11,14H,1-9H2;1H. The van der Waals surface area contributed by atoms with Gasteiger partial charge in [-0.2, -0.15) is 4.98 Å². The molecule has 18 heavy (non-hydrogen) atoms. The first-order valence-electron chi connectivity index (χ1n) is 6.97. The molecule has 1 aromatic heterocycles. The maximum absolute atomic E-state index is 5.38. The van der Waals surface area contributed by atoms with E-state index < -0.39 is 0 Å². The molecule has 1 aliphatic heterocycles. The highest BCUT2D eigenvalue weighted by Crippen LogP contribution is 2.30. The lowest BCUT2D eigenvalue weighted by Crippen LogP contribution is -2.23. The molecule has 3 rings (SSSR count). The lowest BCUT2D eigenvalue weighted by atomic mass is 9.89. The monoisotopic (exact) mass is 271 g/mol. The highest BCUT2D eigenvalue weighted by molar-refractivity contribution is 5.85. The predicted molar refractivity (Wildman–Crippen MR) is 72.1 cm³/mol. The Morgan fingerprint density at radius 1 is 1.11 bits per heavy atom. The van der Waals surface area contributed by atoms with Gasteiger partial charge in [0.2, 0.25) is 5.89 Å². The third kappa shape index (κ3) is 3.23. The van der Waals surface area contributed by atoms with Crippen molar-refractivity contribution in [3.05, 3.63) is 11.7 Å². The Balaban J connectivity index is 0.00000120. The van der Waals surface area contributed by atoms with Crippen LogP contribution < -0.4 is 5.32 Å². The largest absolute Gasteiger partial charge is 0.339 e. The molecule has 1 aliphatic carbocycles. The first kappa shape index (κ1) is 13.8. The normalized spacial score (nSPS) is 25.0. The Bertz CT molecular complexity index is 357. The molecule has 0 bridgehead atoms. The molecule has 2 heterocycles. The summed E-state index contributed by atoms with van der Waals surface area (Å²) < 4.78 is 5.38. The lowest BCUT2D eigenvalue weighted by Gasteiger charge is -2.17. The predicted octanol–water partition coefficient (Wildman–Crippen LogP) is 2.83. The number of aromatic nitrogens is 2. The van der Waals surface area contributed by atoms with E-state index in [9.17, 15) is 0 Å². The van der Waals surface area contributed by atoms with E-state index in [1.807, 2.05) is 0 Å². The Morgan fingerprint density at radius 3 is 2.67 bits per heavy atom. The van der Waals surface area contributed by atoms with Crippen LogP contribution in [0.15, 0.2) is 4.52 Å². The SMILES string of the molecule is C1CCC(c2noc(CC3CCCN3)n2)CC1.Cl. The first-order chi connectivity index (χ1) is 8.42. The minimum absolute atomic E-state index is 0. The Hall–Kier alpha value is -0.610. The van der Waals surface area contributed by atoms with Gasteiger partial charge >= 0.3 is 0 Å². The molecule has 1 atom stereocenters. The maximum atomic E-state index is 5.38. The molecule has 2 fully saturated rings. The van der Waals surface area contributed by atoms with E-state index in [2.05, 4.69) is 15.5 Å². The Kier molecular flexibility index (Phi) is 5.01. The van der Waals surface area contributed by atoms with Crippen LogP contribution in [0.3, 0.4) is 0 Å².